The van der Waals surface area contributed by atoms with Crippen molar-refractivity contribution in [1.82, 2.24) is 24.4 Å². The molecule has 0 aromatic carbocycles. The molecule has 0 bridgehead atoms. The largest absolute Gasteiger partial charge is 0.339 e. The average molecular weight is 370 g/mol. The molecule has 1 aliphatic carbocycles. The maximum atomic E-state index is 12.9. The molecular weight excluding hydrogens is 338 g/mol. The number of aromatic nitrogens is 3. The monoisotopic (exact) mass is 369 g/mol. The summed E-state index contributed by atoms with van der Waals surface area (Å²) in [5.41, 5.74) is 0.913. The van der Waals surface area contributed by atoms with Crippen LogP contribution in [0.1, 0.15) is 63.6 Å². The van der Waals surface area contributed by atoms with Crippen molar-refractivity contribution in [3.8, 4) is 0 Å². The summed E-state index contributed by atoms with van der Waals surface area (Å²) < 4.78 is 2.10. The number of hydrogen-bond acceptors (Lipinski definition) is 4. The predicted octanol–water partition coefficient (Wildman–Crippen LogP) is 3.09. The molecule has 6 nitrogen and oxygen atoms in total. The molecule has 3 heterocycles. The fraction of sp³-hybridized carbons (Fsp3) is 0.667. The van der Waals surface area contributed by atoms with E-state index in [9.17, 15) is 4.79 Å². The number of rotatable bonds is 5. The Bertz CT molecular complexity index is 759. The third-order valence-electron chi connectivity index (χ3n) is 6.33. The van der Waals surface area contributed by atoms with Gasteiger partial charge in [0.1, 0.15) is 5.82 Å². The van der Waals surface area contributed by atoms with Crippen LogP contribution < -0.4 is 0 Å². The molecule has 0 radical (unpaired) electrons. The maximum Gasteiger partial charge on any atom is 0.236 e. The Kier molecular flexibility index (Phi) is 5.72. The number of fused-ring (bicyclic) bond motifs is 1. The van der Waals surface area contributed by atoms with Gasteiger partial charge in [-0.15, -0.1) is 10.2 Å². The van der Waals surface area contributed by atoms with Crippen molar-refractivity contribution in [2.45, 2.75) is 63.8 Å². The van der Waals surface area contributed by atoms with Gasteiger partial charge in [-0.1, -0.05) is 25.3 Å². The van der Waals surface area contributed by atoms with E-state index >= 15 is 0 Å². The molecule has 0 N–H and O–H groups in total. The molecule has 2 aromatic rings. The molecule has 1 aliphatic heterocycles. The van der Waals surface area contributed by atoms with Crippen molar-refractivity contribution < 1.29 is 4.79 Å². The van der Waals surface area contributed by atoms with Crippen molar-refractivity contribution >= 4 is 11.6 Å². The zero-order chi connectivity index (χ0) is 18.6. The summed E-state index contributed by atoms with van der Waals surface area (Å²) in [6.07, 6.45) is 10.4. The van der Waals surface area contributed by atoms with Gasteiger partial charge < -0.3 is 4.90 Å². The lowest BCUT2D eigenvalue weighted by Crippen LogP contribution is -2.47. The lowest BCUT2D eigenvalue weighted by molar-refractivity contribution is -0.135. The van der Waals surface area contributed by atoms with Gasteiger partial charge in [-0.05, 0) is 57.8 Å². The molecule has 0 spiro atoms. The molecule has 2 fully saturated rings. The Labute approximate surface area is 161 Å². The molecule has 0 atom stereocenters. The molecule has 2 aliphatic rings. The van der Waals surface area contributed by atoms with Gasteiger partial charge in [-0.25, -0.2) is 0 Å². The zero-order valence-electron chi connectivity index (χ0n) is 16.4. The lowest BCUT2D eigenvalue weighted by atomic mass is 9.94. The van der Waals surface area contributed by atoms with E-state index in [1.165, 1.54) is 32.1 Å². The molecule has 2 aromatic heterocycles. The van der Waals surface area contributed by atoms with Crippen molar-refractivity contribution in [2.75, 3.05) is 26.2 Å². The third kappa shape index (κ3) is 4.00. The first-order valence-electron chi connectivity index (χ1n) is 10.6. The second-order valence-corrected chi connectivity index (χ2v) is 8.01. The van der Waals surface area contributed by atoms with Gasteiger partial charge in [-0.3, -0.25) is 14.1 Å². The second kappa shape index (κ2) is 8.38. The molecule has 1 saturated heterocycles. The van der Waals surface area contributed by atoms with Gasteiger partial charge in [0.25, 0.3) is 0 Å². The van der Waals surface area contributed by atoms with Gasteiger partial charge >= 0.3 is 0 Å². The minimum atomic E-state index is 0.316. The molecule has 27 heavy (non-hydrogen) atoms. The van der Waals surface area contributed by atoms with Crippen LogP contribution in [0.2, 0.25) is 0 Å². The normalized spacial score (nSPS) is 20.2. The number of likely N-dealkylation sites (tertiary alicyclic amines) is 1. The van der Waals surface area contributed by atoms with Crippen LogP contribution in [0.4, 0.5) is 0 Å². The third-order valence-corrected chi connectivity index (χ3v) is 6.33. The van der Waals surface area contributed by atoms with Crippen LogP contribution in [0.25, 0.3) is 5.65 Å². The number of likely N-dealkylation sites (N-methyl/N-ethyl adjacent to an activating group) is 1. The Morgan fingerprint density at radius 2 is 1.89 bits per heavy atom. The first kappa shape index (κ1) is 18.4. The van der Waals surface area contributed by atoms with Gasteiger partial charge in [0, 0.05) is 24.7 Å². The van der Waals surface area contributed by atoms with E-state index in [0.29, 0.717) is 24.4 Å². The van der Waals surface area contributed by atoms with Gasteiger partial charge in [0.2, 0.25) is 5.91 Å². The SMILES string of the molecule is CCN(C(=O)CN1CCC(c2nnc3ccccn23)CC1)C1CCCCC1. The zero-order valence-corrected chi connectivity index (χ0v) is 16.4. The van der Waals surface area contributed by atoms with E-state index in [2.05, 4.69) is 31.3 Å². The Morgan fingerprint density at radius 1 is 1.11 bits per heavy atom. The highest BCUT2D eigenvalue weighted by Crippen LogP contribution is 2.27. The van der Waals surface area contributed by atoms with Crippen molar-refractivity contribution in [3.05, 3.63) is 30.2 Å². The van der Waals surface area contributed by atoms with E-state index in [0.717, 1.165) is 43.9 Å². The number of amides is 1. The summed E-state index contributed by atoms with van der Waals surface area (Å²) in [5, 5.41) is 8.71. The summed E-state index contributed by atoms with van der Waals surface area (Å²) in [7, 11) is 0. The Hall–Kier alpha value is -1.95. The first-order valence-corrected chi connectivity index (χ1v) is 10.6. The van der Waals surface area contributed by atoms with Gasteiger partial charge in [-0.2, -0.15) is 0 Å². The standard InChI is InChI=1S/C21H31N5O/c1-2-25(18-8-4-3-5-9-18)20(27)16-24-14-11-17(12-15-24)21-23-22-19-10-6-7-13-26(19)21/h6-7,10,13,17-18H,2-5,8-9,11-12,14-16H2,1H3. The second-order valence-electron chi connectivity index (χ2n) is 8.01. The van der Waals surface area contributed by atoms with Gasteiger partial charge in [0.05, 0.1) is 6.54 Å². The number of nitrogens with zero attached hydrogens (tertiary/aromatic N) is 5. The highest BCUT2D eigenvalue weighted by atomic mass is 16.2. The summed E-state index contributed by atoms with van der Waals surface area (Å²) in [4.78, 5) is 17.3. The van der Waals surface area contributed by atoms with Crippen LogP contribution in [0, 0.1) is 0 Å². The summed E-state index contributed by atoms with van der Waals surface area (Å²) in [5.74, 6) is 1.80. The highest BCUT2D eigenvalue weighted by molar-refractivity contribution is 5.78. The number of hydrogen-bond donors (Lipinski definition) is 0. The first-order chi connectivity index (χ1) is 13.3. The lowest BCUT2D eigenvalue weighted by Gasteiger charge is -2.36. The number of pyridine rings is 1. The van der Waals surface area contributed by atoms with Crippen LogP contribution in [0.3, 0.4) is 0 Å². The predicted molar refractivity (Wildman–Crippen MR) is 106 cm³/mol. The fourth-order valence-electron chi connectivity index (χ4n) is 4.80. The van der Waals surface area contributed by atoms with E-state index in [-0.39, 0.29) is 0 Å². The van der Waals surface area contributed by atoms with Crippen LogP contribution in [-0.4, -0.2) is 62.5 Å². The Balaban J connectivity index is 1.33. The summed E-state index contributed by atoms with van der Waals surface area (Å²) >= 11 is 0. The smallest absolute Gasteiger partial charge is 0.236 e. The number of carbonyl (C=O) groups is 1. The van der Waals surface area contributed by atoms with E-state index < -0.39 is 0 Å². The fourth-order valence-corrected chi connectivity index (χ4v) is 4.80. The van der Waals surface area contributed by atoms with Crippen molar-refractivity contribution in [2.24, 2.45) is 0 Å². The summed E-state index contributed by atoms with van der Waals surface area (Å²) in [6.45, 7) is 5.44. The van der Waals surface area contributed by atoms with Crippen molar-refractivity contribution in [1.29, 1.82) is 0 Å². The topological polar surface area (TPSA) is 53.7 Å². The average Bonchev–Trinajstić information content (AvgIpc) is 3.14. The molecule has 6 heteroatoms. The van der Waals surface area contributed by atoms with Crippen LogP contribution in [-0.2, 0) is 4.79 Å². The Morgan fingerprint density at radius 3 is 2.63 bits per heavy atom. The number of piperidine rings is 1. The molecular formula is C21H31N5O. The van der Waals surface area contributed by atoms with E-state index in [1.54, 1.807) is 0 Å². The number of carbonyl (C=O) groups excluding carboxylic acids is 1. The van der Waals surface area contributed by atoms with Crippen molar-refractivity contribution in [3.63, 3.8) is 0 Å². The minimum Gasteiger partial charge on any atom is -0.339 e. The quantitative estimate of drug-likeness (QED) is 0.813. The van der Waals surface area contributed by atoms with E-state index in [1.807, 2.05) is 24.4 Å². The van der Waals surface area contributed by atoms with Crippen LogP contribution >= 0.6 is 0 Å². The van der Waals surface area contributed by atoms with Gasteiger partial charge in [0.15, 0.2) is 5.65 Å². The van der Waals surface area contributed by atoms with Crippen LogP contribution in [0.5, 0.6) is 0 Å². The highest BCUT2D eigenvalue weighted by Gasteiger charge is 2.28. The molecule has 1 amide bonds. The minimum absolute atomic E-state index is 0.316. The molecule has 1 saturated carbocycles. The van der Waals surface area contributed by atoms with Crippen LogP contribution in [0.15, 0.2) is 24.4 Å². The molecule has 0 unspecified atom stereocenters. The van der Waals surface area contributed by atoms with E-state index in [4.69, 9.17) is 0 Å². The molecule has 146 valence electrons. The summed E-state index contributed by atoms with van der Waals surface area (Å²) in [6, 6.07) is 6.48. The maximum absolute atomic E-state index is 12.9. The molecule has 4 rings (SSSR count).